The highest BCUT2D eigenvalue weighted by Gasteiger charge is 2.15. The minimum Gasteiger partial charge on any atom is -0.481 e. The van der Waals surface area contributed by atoms with E-state index in [0.717, 1.165) is 12.8 Å². The molecule has 5 heteroatoms. The Kier molecular flexibility index (Phi) is 11.5. The molecule has 1 amide bonds. The average Bonchev–Trinajstić information content (AvgIpc) is 2.23. The maximum absolute atomic E-state index is 11.2. The van der Waals surface area contributed by atoms with Crippen molar-refractivity contribution in [1.29, 1.82) is 0 Å². The smallest absolute Gasteiger partial charge is 0.407 e. The first-order chi connectivity index (χ1) is 8.31. The lowest BCUT2D eigenvalue weighted by molar-refractivity contribution is -0.137. The number of hydrogen-bond donors (Lipinski definition) is 2. The zero-order valence-electron chi connectivity index (χ0n) is 12.2. The molecule has 0 fully saturated rings. The fourth-order valence-corrected chi connectivity index (χ4v) is 1.08. The van der Waals surface area contributed by atoms with Gasteiger partial charge in [0.05, 0.1) is 0 Å². The van der Waals surface area contributed by atoms with Gasteiger partial charge in [0.1, 0.15) is 5.60 Å². The largest absolute Gasteiger partial charge is 0.481 e. The SMILES string of the molecule is CC.CC(C)(C)OC(=O)NCCCCCC(=O)O. The van der Waals surface area contributed by atoms with Gasteiger partial charge in [0.25, 0.3) is 0 Å². The van der Waals surface area contributed by atoms with Crippen molar-refractivity contribution >= 4 is 12.1 Å². The first kappa shape index (κ1) is 19.1. The van der Waals surface area contributed by atoms with E-state index in [9.17, 15) is 9.59 Å². The number of carboxylic acid groups (broad SMARTS) is 1. The highest BCUT2D eigenvalue weighted by atomic mass is 16.6. The monoisotopic (exact) mass is 261 g/mol. The minimum absolute atomic E-state index is 0.187. The van der Waals surface area contributed by atoms with Crippen molar-refractivity contribution < 1.29 is 19.4 Å². The topological polar surface area (TPSA) is 75.6 Å². The molecule has 5 nitrogen and oxygen atoms in total. The van der Waals surface area contributed by atoms with Crippen LogP contribution in [0.25, 0.3) is 0 Å². The van der Waals surface area contributed by atoms with E-state index in [1.807, 2.05) is 13.8 Å². The molecule has 0 atom stereocenters. The van der Waals surface area contributed by atoms with E-state index in [1.165, 1.54) is 0 Å². The van der Waals surface area contributed by atoms with Crippen LogP contribution in [0.15, 0.2) is 0 Å². The van der Waals surface area contributed by atoms with Crippen molar-refractivity contribution in [3.8, 4) is 0 Å². The molecular weight excluding hydrogens is 234 g/mol. The lowest BCUT2D eigenvalue weighted by Crippen LogP contribution is -2.32. The second-order valence-corrected chi connectivity index (χ2v) is 4.63. The minimum atomic E-state index is -0.778. The normalized spacial score (nSPS) is 10.1. The molecule has 0 unspecified atom stereocenters. The summed E-state index contributed by atoms with van der Waals surface area (Å²) < 4.78 is 5.04. The Balaban J connectivity index is 0. The molecule has 0 aromatic carbocycles. The van der Waals surface area contributed by atoms with E-state index < -0.39 is 17.7 Å². The summed E-state index contributed by atoms with van der Waals surface area (Å²) in [7, 11) is 0. The van der Waals surface area contributed by atoms with Gasteiger partial charge in [0.2, 0.25) is 0 Å². The van der Waals surface area contributed by atoms with Crippen LogP contribution in [0.4, 0.5) is 4.79 Å². The molecular formula is C13H27NO4. The van der Waals surface area contributed by atoms with Crippen molar-refractivity contribution in [2.75, 3.05) is 6.54 Å². The van der Waals surface area contributed by atoms with Gasteiger partial charge in [-0.25, -0.2) is 4.79 Å². The van der Waals surface area contributed by atoms with Crippen LogP contribution in [0.2, 0.25) is 0 Å². The fraction of sp³-hybridized carbons (Fsp3) is 0.846. The first-order valence-corrected chi connectivity index (χ1v) is 6.50. The van der Waals surface area contributed by atoms with Crippen LogP contribution in [0, 0.1) is 0 Å². The van der Waals surface area contributed by atoms with Gasteiger partial charge in [0.15, 0.2) is 0 Å². The average molecular weight is 261 g/mol. The van der Waals surface area contributed by atoms with Crippen LogP contribution in [0.1, 0.15) is 60.3 Å². The molecule has 18 heavy (non-hydrogen) atoms. The van der Waals surface area contributed by atoms with E-state index in [-0.39, 0.29) is 6.42 Å². The number of rotatable bonds is 6. The van der Waals surface area contributed by atoms with E-state index in [2.05, 4.69) is 5.32 Å². The summed E-state index contributed by atoms with van der Waals surface area (Å²) in [4.78, 5) is 21.4. The molecule has 0 saturated carbocycles. The molecule has 0 spiro atoms. The standard InChI is InChI=1S/C11H21NO4.C2H6/c1-11(2,3)16-10(15)12-8-6-4-5-7-9(13)14;1-2/h4-8H2,1-3H3,(H,12,15)(H,13,14);1-2H3. The molecule has 0 aliphatic rings. The summed E-state index contributed by atoms with van der Waals surface area (Å²) in [5.41, 5.74) is -0.479. The zero-order valence-corrected chi connectivity index (χ0v) is 12.2. The van der Waals surface area contributed by atoms with Crippen molar-refractivity contribution in [2.24, 2.45) is 0 Å². The van der Waals surface area contributed by atoms with Crippen LogP contribution in [-0.4, -0.2) is 29.3 Å². The summed E-state index contributed by atoms with van der Waals surface area (Å²) in [6, 6.07) is 0. The Labute approximate surface area is 110 Å². The van der Waals surface area contributed by atoms with Crippen LogP contribution in [-0.2, 0) is 9.53 Å². The second-order valence-electron chi connectivity index (χ2n) is 4.63. The van der Waals surface area contributed by atoms with Gasteiger partial charge in [-0.15, -0.1) is 0 Å². The van der Waals surface area contributed by atoms with E-state index in [0.29, 0.717) is 13.0 Å². The van der Waals surface area contributed by atoms with E-state index in [1.54, 1.807) is 20.8 Å². The van der Waals surface area contributed by atoms with Gasteiger partial charge < -0.3 is 15.2 Å². The number of hydrogen-bond acceptors (Lipinski definition) is 3. The van der Waals surface area contributed by atoms with Gasteiger partial charge in [-0.2, -0.15) is 0 Å². The van der Waals surface area contributed by atoms with Gasteiger partial charge in [0, 0.05) is 13.0 Å². The molecule has 2 N–H and O–H groups in total. The van der Waals surface area contributed by atoms with Crippen molar-refractivity contribution in [3.05, 3.63) is 0 Å². The highest BCUT2D eigenvalue weighted by molar-refractivity contribution is 5.67. The van der Waals surface area contributed by atoms with Gasteiger partial charge in [-0.1, -0.05) is 20.3 Å². The van der Waals surface area contributed by atoms with Crippen molar-refractivity contribution in [3.63, 3.8) is 0 Å². The highest BCUT2D eigenvalue weighted by Crippen LogP contribution is 2.06. The molecule has 0 radical (unpaired) electrons. The molecule has 0 rings (SSSR count). The van der Waals surface area contributed by atoms with E-state index >= 15 is 0 Å². The van der Waals surface area contributed by atoms with Gasteiger partial charge in [-0.3, -0.25) is 4.79 Å². The Hall–Kier alpha value is -1.26. The molecule has 0 heterocycles. The van der Waals surface area contributed by atoms with Crippen LogP contribution in [0.5, 0.6) is 0 Å². The number of unbranched alkanes of at least 4 members (excludes halogenated alkanes) is 2. The Morgan fingerprint density at radius 1 is 1.11 bits per heavy atom. The lowest BCUT2D eigenvalue weighted by Gasteiger charge is -2.19. The molecule has 0 aromatic heterocycles. The third-order valence-corrected chi connectivity index (χ3v) is 1.74. The number of aliphatic carboxylic acids is 1. The van der Waals surface area contributed by atoms with Crippen LogP contribution < -0.4 is 5.32 Å². The summed E-state index contributed by atoms with van der Waals surface area (Å²) in [5.74, 6) is -0.778. The second kappa shape index (κ2) is 10.9. The maximum atomic E-state index is 11.2. The molecule has 0 bridgehead atoms. The maximum Gasteiger partial charge on any atom is 0.407 e. The quantitative estimate of drug-likeness (QED) is 0.720. The summed E-state index contributed by atoms with van der Waals surface area (Å²) >= 11 is 0. The predicted molar refractivity (Wildman–Crippen MR) is 71.7 cm³/mol. The third kappa shape index (κ3) is 17.1. The van der Waals surface area contributed by atoms with Gasteiger partial charge >= 0.3 is 12.1 Å². The molecule has 108 valence electrons. The van der Waals surface area contributed by atoms with Crippen molar-refractivity contribution in [2.45, 2.75) is 65.9 Å². The summed E-state index contributed by atoms with van der Waals surface area (Å²) in [6.45, 7) is 9.94. The van der Waals surface area contributed by atoms with Crippen LogP contribution >= 0.6 is 0 Å². The zero-order chi connectivity index (χ0) is 14.6. The number of amides is 1. The van der Waals surface area contributed by atoms with Crippen molar-refractivity contribution in [1.82, 2.24) is 5.32 Å². The number of carboxylic acids is 1. The number of ether oxygens (including phenoxy) is 1. The van der Waals surface area contributed by atoms with Crippen LogP contribution in [0.3, 0.4) is 0 Å². The number of nitrogens with one attached hydrogen (secondary N) is 1. The summed E-state index contributed by atoms with van der Waals surface area (Å²) in [6.07, 6.45) is 1.97. The Bertz CT molecular complexity index is 234. The molecule has 0 aromatic rings. The molecule has 0 aliphatic carbocycles. The number of carbonyl (C=O) groups is 2. The Morgan fingerprint density at radius 3 is 2.11 bits per heavy atom. The third-order valence-electron chi connectivity index (χ3n) is 1.74. The number of carbonyl (C=O) groups excluding carboxylic acids is 1. The predicted octanol–water partition coefficient (Wildman–Crippen LogP) is 3.18. The van der Waals surface area contributed by atoms with E-state index in [4.69, 9.17) is 9.84 Å². The first-order valence-electron chi connectivity index (χ1n) is 6.50. The fourth-order valence-electron chi connectivity index (χ4n) is 1.08. The Morgan fingerprint density at radius 2 is 1.67 bits per heavy atom. The molecule has 0 aliphatic heterocycles. The number of alkyl carbamates (subject to hydrolysis) is 1. The summed E-state index contributed by atoms with van der Waals surface area (Å²) in [5, 5.41) is 11.0. The van der Waals surface area contributed by atoms with Gasteiger partial charge in [-0.05, 0) is 33.6 Å². The lowest BCUT2D eigenvalue weighted by atomic mass is 10.2. The molecule has 0 saturated heterocycles.